The van der Waals surface area contributed by atoms with E-state index in [1.54, 1.807) is 55.1 Å². The van der Waals surface area contributed by atoms with Gasteiger partial charge >= 0.3 is 12.1 Å². The van der Waals surface area contributed by atoms with Crippen LogP contribution in [0.25, 0.3) is 0 Å². The first kappa shape index (κ1) is 19.5. The minimum absolute atomic E-state index is 0.281. The second kappa shape index (κ2) is 8.19. The summed E-state index contributed by atoms with van der Waals surface area (Å²) in [7, 11) is 0. The molecule has 1 fully saturated rings. The number of rotatable bonds is 5. The Balaban J connectivity index is 1.87. The summed E-state index contributed by atoms with van der Waals surface area (Å²) in [5, 5.41) is 15.5. The predicted octanol–water partition coefficient (Wildman–Crippen LogP) is 3.96. The van der Waals surface area contributed by atoms with Crippen LogP contribution in [0.15, 0.2) is 48.5 Å². The van der Waals surface area contributed by atoms with Crippen LogP contribution in [-0.2, 0) is 6.54 Å². The van der Waals surface area contributed by atoms with Crippen molar-refractivity contribution in [3.05, 3.63) is 64.7 Å². The third-order valence-corrected chi connectivity index (χ3v) is 4.59. The molecule has 1 unspecified atom stereocenters. The molecule has 2 N–H and O–H groups in total. The number of urea groups is 2. The number of benzene rings is 2. The maximum atomic E-state index is 13.0. The molecule has 1 aliphatic rings. The number of carbonyl (C=O) groups excluding carboxylic acids is 2. The number of nitriles is 1. The summed E-state index contributed by atoms with van der Waals surface area (Å²) in [6.07, 6.45) is -0.737. The quantitative estimate of drug-likeness (QED) is 0.799. The smallest absolute Gasteiger partial charge is 0.331 e. The number of carbonyl (C=O) groups is 2. The minimum Gasteiger partial charge on any atom is -0.348 e. The van der Waals surface area contributed by atoms with E-state index in [9.17, 15) is 9.59 Å². The lowest BCUT2D eigenvalue weighted by atomic mass is 10.2. The highest BCUT2D eigenvalue weighted by atomic mass is 35.5. The molecule has 1 saturated heterocycles. The number of hydrogen-bond acceptors (Lipinski definition) is 4. The fourth-order valence-corrected chi connectivity index (χ4v) is 3.04. The molecule has 144 valence electrons. The molecule has 28 heavy (non-hydrogen) atoms. The molecule has 0 spiro atoms. The van der Waals surface area contributed by atoms with Gasteiger partial charge in [0.25, 0.3) is 0 Å². The number of nitrogens with zero attached hydrogens (tertiary/aromatic N) is 3. The molecule has 1 atom stereocenters. The normalized spacial score (nSPS) is 16.8. The van der Waals surface area contributed by atoms with Gasteiger partial charge in [0.1, 0.15) is 0 Å². The van der Waals surface area contributed by atoms with Gasteiger partial charge in [-0.2, -0.15) is 5.26 Å². The molecular weight excluding hydrogens is 378 g/mol. The van der Waals surface area contributed by atoms with Crippen molar-refractivity contribution >= 4 is 29.4 Å². The zero-order chi connectivity index (χ0) is 20.3. The largest absolute Gasteiger partial charge is 0.348 e. The number of halogens is 1. The van der Waals surface area contributed by atoms with Crippen LogP contribution >= 0.6 is 11.6 Å². The number of anilines is 1. The topological polar surface area (TPSA) is 88.5 Å². The van der Waals surface area contributed by atoms with Crippen LogP contribution in [0.3, 0.4) is 0 Å². The Bertz CT molecular complexity index is 906. The summed E-state index contributed by atoms with van der Waals surface area (Å²) < 4.78 is 0. The highest BCUT2D eigenvalue weighted by molar-refractivity contribution is 6.30. The Morgan fingerprint density at radius 1 is 1.14 bits per heavy atom. The molecule has 2 aromatic rings. The number of amides is 4. The van der Waals surface area contributed by atoms with Gasteiger partial charge in [0, 0.05) is 16.8 Å². The van der Waals surface area contributed by atoms with Gasteiger partial charge < -0.3 is 5.32 Å². The molecule has 0 aromatic heterocycles. The van der Waals surface area contributed by atoms with Crippen LogP contribution in [0, 0.1) is 11.3 Å². The molecule has 3 rings (SSSR count). The van der Waals surface area contributed by atoms with Crippen LogP contribution in [0.2, 0.25) is 5.02 Å². The van der Waals surface area contributed by atoms with Crippen LogP contribution < -0.4 is 10.6 Å². The van der Waals surface area contributed by atoms with Crippen molar-refractivity contribution in [3.8, 4) is 6.07 Å². The van der Waals surface area contributed by atoms with Crippen molar-refractivity contribution in [1.82, 2.24) is 15.1 Å². The van der Waals surface area contributed by atoms with E-state index in [1.807, 2.05) is 12.1 Å². The zero-order valence-electron chi connectivity index (χ0n) is 15.5. The first-order chi connectivity index (χ1) is 13.4. The van der Waals surface area contributed by atoms with Crippen molar-refractivity contribution in [1.29, 1.82) is 5.26 Å². The van der Waals surface area contributed by atoms with E-state index in [1.165, 1.54) is 4.90 Å². The van der Waals surface area contributed by atoms with E-state index < -0.39 is 12.3 Å². The maximum Gasteiger partial charge on any atom is 0.331 e. The number of imide groups is 1. The van der Waals surface area contributed by atoms with Gasteiger partial charge in [0.05, 0.1) is 18.2 Å². The lowest BCUT2D eigenvalue weighted by Crippen LogP contribution is -2.68. The van der Waals surface area contributed by atoms with E-state index in [0.717, 1.165) is 5.56 Å². The Kier molecular flexibility index (Phi) is 5.71. The van der Waals surface area contributed by atoms with Crippen LogP contribution in [0.5, 0.6) is 0 Å². The minimum atomic E-state index is -0.737. The van der Waals surface area contributed by atoms with E-state index in [-0.39, 0.29) is 18.6 Å². The first-order valence-electron chi connectivity index (χ1n) is 8.80. The van der Waals surface area contributed by atoms with Gasteiger partial charge in [-0.25, -0.2) is 14.5 Å². The number of nitrogens with one attached hydrogen (secondary N) is 2. The monoisotopic (exact) mass is 397 g/mol. The van der Waals surface area contributed by atoms with Crippen molar-refractivity contribution < 1.29 is 9.59 Å². The molecule has 0 radical (unpaired) electrons. The molecule has 0 saturated carbocycles. The summed E-state index contributed by atoms with van der Waals surface area (Å²) >= 11 is 5.95. The highest BCUT2D eigenvalue weighted by Crippen LogP contribution is 2.20. The van der Waals surface area contributed by atoms with E-state index in [2.05, 4.69) is 16.7 Å². The van der Waals surface area contributed by atoms with Crippen LogP contribution in [0.4, 0.5) is 15.3 Å². The summed E-state index contributed by atoms with van der Waals surface area (Å²) in [6, 6.07) is 14.9. The molecule has 4 amide bonds. The Hall–Kier alpha value is -3.24. The molecule has 1 aliphatic heterocycles. The molecule has 8 heteroatoms. The Morgan fingerprint density at radius 3 is 2.36 bits per heavy atom. The highest BCUT2D eigenvalue weighted by Gasteiger charge is 2.39. The van der Waals surface area contributed by atoms with E-state index in [0.29, 0.717) is 16.3 Å². The average molecular weight is 398 g/mol. The van der Waals surface area contributed by atoms with Crippen LogP contribution in [0.1, 0.15) is 25.0 Å². The average Bonchev–Trinajstić information content (AvgIpc) is 2.66. The molecule has 0 aliphatic carbocycles. The summed E-state index contributed by atoms with van der Waals surface area (Å²) in [4.78, 5) is 28.2. The summed E-state index contributed by atoms with van der Waals surface area (Å²) in [6.45, 7) is 3.85. The van der Waals surface area contributed by atoms with Crippen LogP contribution in [-0.4, -0.2) is 34.2 Å². The SMILES string of the molecule is CC(C)N1C(=O)NC(Nc2ccc(C#N)cc2)N(Cc2ccc(Cl)cc2)C1=O. The third-order valence-electron chi connectivity index (χ3n) is 4.34. The lowest BCUT2D eigenvalue weighted by Gasteiger charge is -2.42. The second-order valence-electron chi connectivity index (χ2n) is 6.69. The van der Waals surface area contributed by atoms with Gasteiger partial charge in [-0.3, -0.25) is 10.2 Å². The van der Waals surface area contributed by atoms with Crippen molar-refractivity contribution in [3.63, 3.8) is 0 Å². The van der Waals surface area contributed by atoms with Gasteiger partial charge in [-0.15, -0.1) is 0 Å². The maximum absolute atomic E-state index is 13.0. The fraction of sp³-hybridized carbons (Fsp3) is 0.250. The standard InChI is InChI=1S/C20H20ClN5O2/c1-13(2)26-19(27)24-18(23-17-9-5-14(11-22)6-10-17)25(20(26)28)12-15-3-7-16(21)8-4-15/h3-10,13,18,23H,12H2,1-2H3,(H,24,27). The third kappa shape index (κ3) is 4.18. The lowest BCUT2D eigenvalue weighted by molar-refractivity contribution is 0.0975. The Morgan fingerprint density at radius 2 is 1.79 bits per heavy atom. The molecule has 1 heterocycles. The van der Waals surface area contributed by atoms with Gasteiger partial charge in [0.15, 0.2) is 6.29 Å². The van der Waals surface area contributed by atoms with Gasteiger partial charge in [-0.05, 0) is 55.8 Å². The van der Waals surface area contributed by atoms with Gasteiger partial charge in [-0.1, -0.05) is 23.7 Å². The molecule has 7 nitrogen and oxygen atoms in total. The summed E-state index contributed by atoms with van der Waals surface area (Å²) in [5.74, 6) is 0. The fourth-order valence-electron chi connectivity index (χ4n) is 2.91. The first-order valence-corrected chi connectivity index (χ1v) is 9.18. The van der Waals surface area contributed by atoms with E-state index in [4.69, 9.17) is 16.9 Å². The molecule has 0 bridgehead atoms. The Labute approximate surface area is 168 Å². The predicted molar refractivity (Wildman–Crippen MR) is 106 cm³/mol. The molecular formula is C20H20ClN5O2. The van der Waals surface area contributed by atoms with Crippen molar-refractivity contribution in [2.24, 2.45) is 0 Å². The molecule has 2 aromatic carbocycles. The van der Waals surface area contributed by atoms with E-state index >= 15 is 0 Å². The number of hydrogen-bond donors (Lipinski definition) is 2. The van der Waals surface area contributed by atoms with Gasteiger partial charge in [0.2, 0.25) is 0 Å². The zero-order valence-corrected chi connectivity index (χ0v) is 16.3. The summed E-state index contributed by atoms with van der Waals surface area (Å²) in [5.41, 5.74) is 2.08. The van der Waals surface area contributed by atoms with Crippen molar-refractivity contribution in [2.75, 3.05) is 5.32 Å². The second-order valence-corrected chi connectivity index (χ2v) is 7.12. The van der Waals surface area contributed by atoms with Crippen molar-refractivity contribution in [2.45, 2.75) is 32.7 Å².